The molecule has 5 nitrogen and oxygen atoms in total. The SMILES string of the molecule is C=C1C(C)=CC(c2nc3ccc(C4CN(C)CCO4)cc3n2[C@@H](C)c2ccccc2)=CN1C. The Morgan fingerprint density at radius 2 is 1.91 bits per heavy atom. The van der Waals surface area contributed by atoms with Gasteiger partial charge in [0.2, 0.25) is 0 Å². The van der Waals surface area contributed by atoms with Gasteiger partial charge in [-0.2, -0.15) is 0 Å². The van der Waals surface area contributed by atoms with Gasteiger partial charge in [0.1, 0.15) is 5.82 Å². The maximum absolute atomic E-state index is 6.12. The van der Waals surface area contributed by atoms with Crippen LogP contribution in [0.15, 0.2) is 78.7 Å². The van der Waals surface area contributed by atoms with E-state index >= 15 is 0 Å². The van der Waals surface area contributed by atoms with Crippen molar-refractivity contribution in [1.29, 1.82) is 0 Å². The zero-order valence-corrected chi connectivity index (χ0v) is 20.0. The molecule has 170 valence electrons. The Bertz CT molecular complexity index is 1250. The van der Waals surface area contributed by atoms with Crippen molar-refractivity contribution in [3.63, 3.8) is 0 Å². The molecular formula is C28H32N4O. The molecule has 0 aliphatic carbocycles. The Morgan fingerprint density at radius 1 is 1.12 bits per heavy atom. The van der Waals surface area contributed by atoms with E-state index in [9.17, 15) is 0 Å². The van der Waals surface area contributed by atoms with Gasteiger partial charge in [-0.1, -0.05) is 43.0 Å². The second kappa shape index (κ2) is 8.65. The van der Waals surface area contributed by atoms with Crippen LogP contribution in [0.25, 0.3) is 16.6 Å². The maximum atomic E-state index is 6.12. The topological polar surface area (TPSA) is 33.5 Å². The molecule has 0 bridgehead atoms. The third kappa shape index (κ3) is 4.03. The molecule has 0 radical (unpaired) electrons. The molecular weight excluding hydrogens is 408 g/mol. The summed E-state index contributed by atoms with van der Waals surface area (Å²) in [6.45, 7) is 11.2. The molecule has 2 aliphatic heterocycles. The zero-order valence-electron chi connectivity index (χ0n) is 20.0. The maximum Gasteiger partial charge on any atom is 0.143 e. The number of ether oxygens (including phenoxy) is 1. The second-order valence-electron chi connectivity index (χ2n) is 9.23. The van der Waals surface area contributed by atoms with Crippen molar-refractivity contribution in [3.05, 3.63) is 95.6 Å². The van der Waals surface area contributed by atoms with Crippen LogP contribution in [0, 0.1) is 0 Å². The fraction of sp³-hybridized carbons (Fsp3) is 0.321. The highest BCUT2D eigenvalue weighted by atomic mass is 16.5. The predicted octanol–water partition coefficient (Wildman–Crippen LogP) is 5.40. The Kier molecular flexibility index (Phi) is 5.69. The molecule has 1 unspecified atom stereocenters. The number of hydrogen-bond donors (Lipinski definition) is 0. The number of hydrogen-bond acceptors (Lipinski definition) is 4. The van der Waals surface area contributed by atoms with E-state index in [0.717, 1.165) is 53.4 Å². The third-order valence-corrected chi connectivity index (χ3v) is 6.87. The molecule has 5 heteroatoms. The van der Waals surface area contributed by atoms with Crippen LogP contribution in [0.3, 0.4) is 0 Å². The summed E-state index contributed by atoms with van der Waals surface area (Å²) < 4.78 is 8.50. The number of fused-ring (bicyclic) bond motifs is 1. The van der Waals surface area contributed by atoms with Gasteiger partial charge < -0.3 is 19.1 Å². The lowest BCUT2D eigenvalue weighted by Crippen LogP contribution is -2.35. The molecule has 33 heavy (non-hydrogen) atoms. The Labute approximate surface area is 196 Å². The van der Waals surface area contributed by atoms with Crippen LogP contribution >= 0.6 is 0 Å². The lowest BCUT2D eigenvalue weighted by Gasteiger charge is -2.30. The average Bonchev–Trinajstić information content (AvgIpc) is 3.21. The highest BCUT2D eigenvalue weighted by Gasteiger charge is 2.24. The van der Waals surface area contributed by atoms with Crippen LogP contribution in [0.1, 0.15) is 42.9 Å². The number of rotatable bonds is 4. The number of allylic oxidation sites excluding steroid dienone is 3. The first kappa shape index (κ1) is 21.7. The number of morpholine rings is 1. The highest BCUT2D eigenvalue weighted by molar-refractivity contribution is 5.84. The van der Waals surface area contributed by atoms with Gasteiger partial charge >= 0.3 is 0 Å². The van der Waals surface area contributed by atoms with Gasteiger partial charge in [0.25, 0.3) is 0 Å². The minimum absolute atomic E-state index is 0.0810. The molecule has 3 aromatic rings. The van der Waals surface area contributed by atoms with E-state index in [1.165, 1.54) is 11.1 Å². The lowest BCUT2D eigenvalue weighted by molar-refractivity contribution is -0.0208. The van der Waals surface area contributed by atoms with Gasteiger partial charge in [-0.25, -0.2) is 4.98 Å². The highest BCUT2D eigenvalue weighted by Crippen LogP contribution is 2.35. The van der Waals surface area contributed by atoms with Crippen LogP contribution in [0.4, 0.5) is 0 Å². The molecule has 1 fully saturated rings. The Balaban J connectivity index is 1.68. The third-order valence-electron chi connectivity index (χ3n) is 6.87. The summed E-state index contributed by atoms with van der Waals surface area (Å²) in [6.07, 6.45) is 4.40. The monoisotopic (exact) mass is 440 g/mol. The van der Waals surface area contributed by atoms with E-state index in [0.29, 0.717) is 0 Å². The van der Waals surface area contributed by atoms with Crippen LogP contribution in [-0.4, -0.2) is 53.1 Å². The van der Waals surface area contributed by atoms with Crippen molar-refractivity contribution >= 4 is 16.6 Å². The van der Waals surface area contributed by atoms with Crippen molar-refractivity contribution in [2.24, 2.45) is 0 Å². The quantitative estimate of drug-likeness (QED) is 0.544. The number of aromatic nitrogens is 2. The molecule has 2 aliphatic rings. The molecule has 0 amide bonds. The van der Waals surface area contributed by atoms with Crippen molar-refractivity contribution in [1.82, 2.24) is 19.4 Å². The Hall–Kier alpha value is -3.15. The fourth-order valence-electron chi connectivity index (χ4n) is 4.81. The molecule has 3 heterocycles. The standard InChI is InChI=1S/C28H32N4O/c1-19-15-24(17-31(5)20(19)2)28-29-25-12-11-23(27-18-30(4)13-14-33-27)16-26(25)32(28)21(3)22-9-7-6-8-10-22/h6-12,15-17,21,27H,2,13-14,18H2,1,3-5H3/t21-,27?/m0/s1. The lowest BCUT2D eigenvalue weighted by atomic mass is 10.0. The van der Waals surface area contributed by atoms with Crippen LogP contribution in [0.2, 0.25) is 0 Å². The predicted molar refractivity (Wildman–Crippen MR) is 135 cm³/mol. The van der Waals surface area contributed by atoms with Gasteiger partial charge in [-0.05, 0) is 55.8 Å². The molecule has 2 aromatic carbocycles. The van der Waals surface area contributed by atoms with Crippen LogP contribution in [-0.2, 0) is 4.74 Å². The molecule has 2 atom stereocenters. The first-order valence-electron chi connectivity index (χ1n) is 11.6. The second-order valence-corrected chi connectivity index (χ2v) is 9.23. The van der Waals surface area contributed by atoms with Crippen molar-refractivity contribution in [3.8, 4) is 0 Å². The van der Waals surface area contributed by atoms with Crippen LogP contribution < -0.4 is 0 Å². The largest absolute Gasteiger partial charge is 0.371 e. The smallest absolute Gasteiger partial charge is 0.143 e. The minimum Gasteiger partial charge on any atom is -0.371 e. The van der Waals surface area contributed by atoms with E-state index < -0.39 is 0 Å². The molecule has 0 spiro atoms. The Morgan fingerprint density at radius 3 is 2.64 bits per heavy atom. The summed E-state index contributed by atoms with van der Waals surface area (Å²) >= 11 is 0. The van der Waals surface area contributed by atoms with Crippen molar-refractivity contribution < 1.29 is 4.74 Å². The number of nitrogens with zero attached hydrogens (tertiary/aromatic N) is 4. The summed E-state index contributed by atoms with van der Waals surface area (Å²) in [7, 11) is 4.20. The van der Waals surface area contributed by atoms with Gasteiger partial charge in [-0.15, -0.1) is 0 Å². The van der Waals surface area contributed by atoms with E-state index in [2.05, 4.69) is 103 Å². The molecule has 5 rings (SSSR count). The summed E-state index contributed by atoms with van der Waals surface area (Å²) in [5.41, 5.74) is 7.86. The summed E-state index contributed by atoms with van der Waals surface area (Å²) in [4.78, 5) is 9.53. The van der Waals surface area contributed by atoms with Gasteiger partial charge in [0.15, 0.2) is 0 Å². The number of benzene rings is 2. The minimum atomic E-state index is 0.0810. The first-order chi connectivity index (χ1) is 15.9. The summed E-state index contributed by atoms with van der Waals surface area (Å²) in [5, 5.41) is 0. The van der Waals surface area contributed by atoms with Crippen LogP contribution in [0.5, 0.6) is 0 Å². The molecule has 1 saturated heterocycles. The van der Waals surface area contributed by atoms with Crippen molar-refractivity contribution in [2.75, 3.05) is 33.8 Å². The van der Waals surface area contributed by atoms with Gasteiger partial charge in [0.05, 0.1) is 29.8 Å². The van der Waals surface area contributed by atoms with E-state index in [-0.39, 0.29) is 12.1 Å². The first-order valence-corrected chi connectivity index (χ1v) is 11.6. The normalized spacial score (nSPS) is 20.7. The number of likely N-dealkylation sites (N-methyl/N-ethyl adjacent to an activating group) is 2. The molecule has 0 N–H and O–H groups in total. The van der Waals surface area contributed by atoms with Crippen molar-refractivity contribution in [2.45, 2.75) is 26.0 Å². The fourth-order valence-corrected chi connectivity index (χ4v) is 4.81. The number of imidazole rings is 1. The average molecular weight is 441 g/mol. The van der Waals surface area contributed by atoms with E-state index in [1.807, 2.05) is 7.05 Å². The summed E-state index contributed by atoms with van der Waals surface area (Å²) in [5.74, 6) is 0.971. The molecule has 1 aromatic heterocycles. The summed E-state index contributed by atoms with van der Waals surface area (Å²) in [6, 6.07) is 17.4. The zero-order chi connectivity index (χ0) is 23.1. The molecule has 0 saturated carbocycles. The van der Waals surface area contributed by atoms with Gasteiger partial charge in [0, 0.05) is 37.6 Å². The van der Waals surface area contributed by atoms with Gasteiger partial charge in [-0.3, -0.25) is 0 Å². The van der Waals surface area contributed by atoms with E-state index in [4.69, 9.17) is 9.72 Å². The van der Waals surface area contributed by atoms with E-state index in [1.54, 1.807) is 0 Å².